The molecule has 0 aliphatic carbocycles. The Morgan fingerprint density at radius 1 is 1.33 bits per heavy atom. The largest absolute Gasteiger partial charge is 0.399 e. The number of hydrogen-bond acceptors (Lipinski definition) is 4. The maximum absolute atomic E-state index is 13.8. The van der Waals surface area contributed by atoms with E-state index in [1.54, 1.807) is 0 Å². The van der Waals surface area contributed by atoms with Crippen molar-refractivity contribution in [1.29, 1.82) is 0 Å². The lowest BCUT2D eigenvalue weighted by Crippen LogP contribution is -2.36. The average molecular weight is 315 g/mol. The van der Waals surface area contributed by atoms with Gasteiger partial charge in [0.15, 0.2) is 0 Å². The number of benzene rings is 1. The lowest BCUT2D eigenvalue weighted by Gasteiger charge is -2.22. The molecule has 0 aromatic heterocycles. The van der Waals surface area contributed by atoms with E-state index in [1.807, 2.05) is 25.9 Å². The van der Waals surface area contributed by atoms with Crippen LogP contribution in [0.4, 0.5) is 10.1 Å². The zero-order valence-electron chi connectivity index (χ0n) is 12.8. The molecular formula is C14H22FN3O2S. The van der Waals surface area contributed by atoms with E-state index in [0.717, 1.165) is 6.07 Å². The Morgan fingerprint density at radius 3 is 2.48 bits per heavy atom. The first-order valence-corrected chi connectivity index (χ1v) is 8.30. The summed E-state index contributed by atoms with van der Waals surface area (Å²) in [6.45, 7) is 4.32. The molecule has 2 rings (SSSR count). The van der Waals surface area contributed by atoms with Gasteiger partial charge in [0.2, 0.25) is 10.0 Å². The first kappa shape index (κ1) is 16.2. The minimum absolute atomic E-state index is 0.0355. The molecule has 2 atom stereocenters. The van der Waals surface area contributed by atoms with Crippen LogP contribution >= 0.6 is 0 Å². The Balaban J connectivity index is 2.41. The number of anilines is 1. The molecule has 1 aromatic carbocycles. The van der Waals surface area contributed by atoms with Gasteiger partial charge < -0.3 is 10.6 Å². The number of sulfonamides is 1. The molecule has 0 amide bonds. The third kappa shape index (κ3) is 2.90. The molecule has 2 N–H and O–H groups in total. The Hall–Kier alpha value is -1.18. The molecule has 7 heteroatoms. The van der Waals surface area contributed by atoms with Crippen LogP contribution in [0, 0.1) is 18.7 Å². The first-order valence-electron chi connectivity index (χ1n) is 6.86. The van der Waals surface area contributed by atoms with Crippen molar-refractivity contribution < 1.29 is 12.8 Å². The van der Waals surface area contributed by atoms with E-state index in [-0.39, 0.29) is 28.1 Å². The van der Waals surface area contributed by atoms with Crippen LogP contribution in [0.15, 0.2) is 17.0 Å². The topological polar surface area (TPSA) is 66.6 Å². The molecule has 118 valence electrons. The van der Waals surface area contributed by atoms with Crippen molar-refractivity contribution in [3.8, 4) is 0 Å². The molecule has 1 aliphatic heterocycles. The monoisotopic (exact) mass is 315 g/mol. The van der Waals surface area contributed by atoms with Crippen LogP contribution in [0.1, 0.15) is 12.5 Å². The third-order valence-corrected chi connectivity index (χ3v) is 6.10. The molecule has 5 nitrogen and oxygen atoms in total. The van der Waals surface area contributed by atoms with Crippen molar-refractivity contribution in [2.45, 2.75) is 24.8 Å². The highest BCUT2D eigenvalue weighted by Gasteiger charge is 2.39. The molecule has 1 fully saturated rings. The summed E-state index contributed by atoms with van der Waals surface area (Å²) in [5.41, 5.74) is 5.83. The van der Waals surface area contributed by atoms with Gasteiger partial charge in [-0.25, -0.2) is 12.8 Å². The fraction of sp³-hybridized carbons (Fsp3) is 0.571. The molecule has 1 heterocycles. The number of nitrogens with two attached hydrogens (primary N) is 1. The molecule has 21 heavy (non-hydrogen) atoms. The summed E-state index contributed by atoms with van der Waals surface area (Å²) in [7, 11) is 0.139. The van der Waals surface area contributed by atoms with Gasteiger partial charge in [0, 0.05) is 30.4 Å². The first-order chi connectivity index (χ1) is 9.64. The minimum atomic E-state index is -3.73. The Labute approximate surface area is 125 Å². The van der Waals surface area contributed by atoms with Gasteiger partial charge in [-0.2, -0.15) is 4.31 Å². The van der Waals surface area contributed by atoms with Crippen LogP contribution in [0.3, 0.4) is 0 Å². The van der Waals surface area contributed by atoms with Crippen LogP contribution in [0.2, 0.25) is 0 Å². The van der Waals surface area contributed by atoms with Crippen LogP contribution in [-0.4, -0.2) is 50.8 Å². The van der Waals surface area contributed by atoms with Crippen LogP contribution in [0.5, 0.6) is 0 Å². The zero-order valence-corrected chi connectivity index (χ0v) is 13.6. The summed E-state index contributed by atoms with van der Waals surface area (Å²) in [4.78, 5) is 1.99. The molecule has 0 radical (unpaired) electrons. The van der Waals surface area contributed by atoms with Crippen molar-refractivity contribution in [1.82, 2.24) is 9.21 Å². The molecule has 1 aliphatic rings. The smallest absolute Gasteiger partial charge is 0.243 e. The van der Waals surface area contributed by atoms with E-state index in [2.05, 4.69) is 0 Å². The van der Waals surface area contributed by atoms with Crippen LogP contribution in [-0.2, 0) is 10.0 Å². The second-order valence-electron chi connectivity index (χ2n) is 5.96. The summed E-state index contributed by atoms with van der Waals surface area (Å²) in [5.74, 6) is -0.369. The standard InChI is InChI=1S/C14H22FN3O2S/c1-9-7-18(8-13(9)17(3)4)21(19,20)14-6-11(16)5-12(15)10(14)2/h5-6,9,13H,7-8,16H2,1-4H3. The Bertz CT molecular complexity index is 646. The van der Waals surface area contributed by atoms with Crippen molar-refractivity contribution >= 4 is 15.7 Å². The molecule has 1 saturated heterocycles. The second-order valence-corrected chi connectivity index (χ2v) is 7.86. The van der Waals surface area contributed by atoms with E-state index in [0.29, 0.717) is 13.1 Å². The van der Waals surface area contributed by atoms with E-state index in [4.69, 9.17) is 5.73 Å². The molecule has 2 unspecified atom stereocenters. The normalized spacial score (nSPS) is 23.9. The highest BCUT2D eigenvalue weighted by atomic mass is 32.2. The van der Waals surface area contributed by atoms with Gasteiger partial charge in [-0.3, -0.25) is 0 Å². The number of hydrogen-bond donors (Lipinski definition) is 1. The van der Waals surface area contributed by atoms with E-state index < -0.39 is 15.8 Å². The maximum atomic E-state index is 13.8. The molecule has 0 bridgehead atoms. The fourth-order valence-electron chi connectivity index (χ4n) is 2.86. The molecule has 0 spiro atoms. The quantitative estimate of drug-likeness (QED) is 0.854. The number of nitrogen functional groups attached to an aromatic ring is 1. The van der Waals surface area contributed by atoms with Crippen molar-refractivity contribution in [2.24, 2.45) is 5.92 Å². The lowest BCUT2D eigenvalue weighted by atomic mass is 10.1. The number of halogens is 1. The van der Waals surface area contributed by atoms with Crippen LogP contribution < -0.4 is 5.73 Å². The highest BCUT2D eigenvalue weighted by Crippen LogP contribution is 2.30. The summed E-state index contributed by atoms with van der Waals surface area (Å²) in [6.07, 6.45) is 0. The average Bonchev–Trinajstić information content (AvgIpc) is 2.76. The number of likely N-dealkylation sites (N-methyl/N-ethyl adjacent to an activating group) is 1. The van der Waals surface area contributed by atoms with Crippen molar-refractivity contribution in [2.75, 3.05) is 32.9 Å². The van der Waals surface area contributed by atoms with E-state index in [1.165, 1.54) is 17.3 Å². The Morgan fingerprint density at radius 2 is 1.95 bits per heavy atom. The van der Waals surface area contributed by atoms with Crippen molar-refractivity contribution in [3.63, 3.8) is 0 Å². The number of nitrogens with zero attached hydrogens (tertiary/aromatic N) is 2. The van der Waals surface area contributed by atoms with Gasteiger partial charge in [0.1, 0.15) is 5.82 Å². The summed E-state index contributed by atoms with van der Waals surface area (Å²) in [5, 5.41) is 0. The summed E-state index contributed by atoms with van der Waals surface area (Å²) >= 11 is 0. The molecule has 0 saturated carbocycles. The number of rotatable bonds is 3. The van der Waals surface area contributed by atoms with E-state index in [9.17, 15) is 12.8 Å². The summed E-state index contributed by atoms with van der Waals surface area (Å²) < 4.78 is 40.7. The molecular weight excluding hydrogens is 293 g/mol. The van der Waals surface area contributed by atoms with Gasteiger partial charge in [-0.05, 0) is 39.1 Å². The van der Waals surface area contributed by atoms with Gasteiger partial charge in [0.25, 0.3) is 0 Å². The van der Waals surface area contributed by atoms with E-state index >= 15 is 0 Å². The van der Waals surface area contributed by atoms with Crippen LogP contribution in [0.25, 0.3) is 0 Å². The predicted molar refractivity (Wildman–Crippen MR) is 80.9 cm³/mol. The third-order valence-electron chi connectivity index (χ3n) is 4.14. The van der Waals surface area contributed by atoms with Gasteiger partial charge in [-0.15, -0.1) is 0 Å². The predicted octanol–water partition coefficient (Wildman–Crippen LogP) is 1.29. The highest BCUT2D eigenvalue weighted by molar-refractivity contribution is 7.89. The minimum Gasteiger partial charge on any atom is -0.399 e. The SMILES string of the molecule is Cc1c(F)cc(N)cc1S(=O)(=O)N1CC(C)C(N(C)C)C1. The van der Waals surface area contributed by atoms with Gasteiger partial charge in [0.05, 0.1) is 4.90 Å². The fourth-order valence-corrected chi connectivity index (χ4v) is 4.68. The lowest BCUT2D eigenvalue weighted by molar-refractivity contribution is 0.263. The zero-order chi connectivity index (χ0) is 15.9. The Kier molecular flexibility index (Phi) is 4.28. The van der Waals surface area contributed by atoms with Crippen molar-refractivity contribution in [3.05, 3.63) is 23.5 Å². The molecule has 1 aromatic rings. The summed E-state index contributed by atoms with van der Waals surface area (Å²) in [6, 6.07) is 2.64. The maximum Gasteiger partial charge on any atom is 0.243 e. The van der Waals surface area contributed by atoms with Gasteiger partial charge in [-0.1, -0.05) is 6.92 Å². The second kappa shape index (κ2) is 5.55. The van der Waals surface area contributed by atoms with Gasteiger partial charge >= 0.3 is 0 Å².